The molecule has 0 aliphatic heterocycles. The van der Waals surface area contributed by atoms with E-state index in [-0.39, 0.29) is 24.4 Å². The largest absolute Gasteiger partial charge is 0.478 e. The first-order valence-electron chi connectivity index (χ1n) is 10.9. The third kappa shape index (κ3) is 5.77. The highest BCUT2D eigenvalue weighted by Gasteiger charge is 2.15. The van der Waals surface area contributed by atoms with E-state index in [1.165, 1.54) is 23.5 Å². The second-order valence-corrected chi connectivity index (χ2v) is 8.92. The second kappa shape index (κ2) is 10.7. The van der Waals surface area contributed by atoms with Crippen molar-refractivity contribution in [1.82, 2.24) is 15.3 Å². The Labute approximate surface area is 207 Å². The van der Waals surface area contributed by atoms with Crippen molar-refractivity contribution in [3.63, 3.8) is 0 Å². The Bertz CT molecular complexity index is 1440. The number of nitrogens with one attached hydrogen (secondary N) is 1. The van der Waals surface area contributed by atoms with Crippen molar-refractivity contribution in [3.8, 4) is 22.3 Å². The van der Waals surface area contributed by atoms with E-state index in [1.54, 1.807) is 6.20 Å². The number of rotatable bonds is 9. The van der Waals surface area contributed by atoms with Crippen molar-refractivity contribution in [2.75, 3.05) is 6.54 Å². The summed E-state index contributed by atoms with van der Waals surface area (Å²) in [6, 6.07) is 18.2. The first-order chi connectivity index (χ1) is 16.9. The first kappa shape index (κ1) is 23.8. The number of hydrogen-bond acceptors (Lipinski definition) is 5. The van der Waals surface area contributed by atoms with Gasteiger partial charge in [-0.15, -0.1) is 11.3 Å². The molecule has 1 amide bonds. The lowest BCUT2D eigenvalue weighted by atomic mass is 9.99. The van der Waals surface area contributed by atoms with Crippen LogP contribution in [0.15, 0.2) is 103 Å². The number of fused-ring (bicyclic) bond motifs is 1. The highest BCUT2D eigenvalue weighted by atomic mass is 32.1. The number of carboxylic acids is 1. The van der Waals surface area contributed by atoms with Crippen LogP contribution in [0.3, 0.4) is 0 Å². The van der Waals surface area contributed by atoms with Crippen molar-refractivity contribution < 1.29 is 14.7 Å². The Balaban J connectivity index is 1.59. The van der Waals surface area contributed by atoms with Gasteiger partial charge in [-0.05, 0) is 41.0 Å². The molecular weight excluding hydrogens is 458 g/mol. The zero-order chi connectivity index (χ0) is 24.8. The molecule has 174 valence electrons. The van der Waals surface area contributed by atoms with E-state index in [9.17, 15) is 9.59 Å². The van der Waals surface area contributed by atoms with Crippen LogP contribution < -0.4 is 5.32 Å². The van der Waals surface area contributed by atoms with Gasteiger partial charge in [-0.25, -0.2) is 9.78 Å². The zero-order valence-electron chi connectivity index (χ0n) is 18.9. The number of carbonyl (C=O) groups is 2. The minimum absolute atomic E-state index is 0.0209. The quantitative estimate of drug-likeness (QED) is 0.245. The molecule has 2 heterocycles. The molecule has 2 aromatic carbocycles. The number of aliphatic carboxylic acids is 1. The lowest BCUT2D eigenvalue weighted by Gasteiger charge is -2.07. The van der Waals surface area contributed by atoms with E-state index in [0.29, 0.717) is 10.6 Å². The van der Waals surface area contributed by atoms with Crippen LogP contribution in [0.4, 0.5) is 0 Å². The van der Waals surface area contributed by atoms with Crippen LogP contribution in [0.1, 0.15) is 5.01 Å². The number of carboxylic acid groups (broad SMARTS) is 1. The Morgan fingerprint density at radius 3 is 2.51 bits per heavy atom. The Morgan fingerprint density at radius 2 is 1.83 bits per heavy atom. The lowest BCUT2D eigenvalue weighted by Crippen LogP contribution is -2.26. The SMILES string of the molecule is C=C/C(=C\C(=C)CNC(=O)Cc1nc2c(-c3cccnc3)cc(-c3ccccc3)cc2s1)C(=O)O. The summed E-state index contributed by atoms with van der Waals surface area (Å²) in [4.78, 5) is 32.7. The number of thiazole rings is 1. The van der Waals surface area contributed by atoms with E-state index >= 15 is 0 Å². The summed E-state index contributed by atoms with van der Waals surface area (Å²) >= 11 is 1.48. The van der Waals surface area contributed by atoms with Gasteiger partial charge in [0.05, 0.1) is 22.2 Å². The van der Waals surface area contributed by atoms with Crippen LogP contribution in [-0.2, 0) is 16.0 Å². The van der Waals surface area contributed by atoms with Gasteiger partial charge >= 0.3 is 5.97 Å². The van der Waals surface area contributed by atoms with Crippen molar-refractivity contribution in [2.45, 2.75) is 6.42 Å². The van der Waals surface area contributed by atoms with Crippen LogP contribution in [0.25, 0.3) is 32.5 Å². The maximum atomic E-state index is 12.6. The number of pyridine rings is 1. The number of nitrogens with zero attached hydrogens (tertiary/aromatic N) is 2. The molecule has 2 aromatic heterocycles. The predicted molar refractivity (Wildman–Crippen MR) is 140 cm³/mol. The van der Waals surface area contributed by atoms with Crippen LogP contribution in [0, 0.1) is 0 Å². The summed E-state index contributed by atoms with van der Waals surface area (Å²) in [7, 11) is 0. The fraction of sp³-hybridized carbons (Fsp3) is 0.0714. The zero-order valence-corrected chi connectivity index (χ0v) is 19.7. The van der Waals surface area contributed by atoms with Crippen LogP contribution in [0.2, 0.25) is 0 Å². The minimum Gasteiger partial charge on any atom is -0.478 e. The standard InChI is InChI=1S/C28H23N3O3S/c1-3-19(28(33)34)12-18(2)16-30-25(32)15-26-31-27-23(21-10-7-11-29-17-21)13-22(14-24(27)35-26)20-8-5-4-6-9-20/h3-14,17H,1-2,15-16H2,(H,30,32)(H,33,34)/b19-12+. The van der Waals surface area contributed by atoms with Gasteiger partial charge in [0.1, 0.15) is 5.01 Å². The highest BCUT2D eigenvalue weighted by molar-refractivity contribution is 7.18. The molecule has 0 unspecified atom stereocenters. The van der Waals surface area contributed by atoms with Gasteiger partial charge in [-0.3, -0.25) is 9.78 Å². The summed E-state index contributed by atoms with van der Waals surface area (Å²) in [6.07, 6.45) is 6.27. The normalized spacial score (nSPS) is 11.3. The van der Waals surface area contributed by atoms with Gasteiger partial charge in [-0.1, -0.05) is 55.6 Å². The predicted octanol–water partition coefficient (Wildman–Crippen LogP) is 5.44. The molecule has 6 nitrogen and oxygen atoms in total. The van der Waals surface area contributed by atoms with E-state index in [1.807, 2.05) is 36.5 Å². The fourth-order valence-electron chi connectivity index (χ4n) is 3.58. The van der Waals surface area contributed by atoms with Crippen LogP contribution in [0.5, 0.6) is 0 Å². The average molecular weight is 482 g/mol. The van der Waals surface area contributed by atoms with Crippen LogP contribution in [-0.4, -0.2) is 33.5 Å². The van der Waals surface area contributed by atoms with Gasteiger partial charge in [0.15, 0.2) is 0 Å². The van der Waals surface area contributed by atoms with E-state index in [2.05, 4.69) is 47.7 Å². The number of hydrogen-bond donors (Lipinski definition) is 2. The van der Waals surface area contributed by atoms with Crippen molar-refractivity contribution >= 4 is 33.4 Å². The van der Waals surface area contributed by atoms with Gasteiger partial charge in [0.2, 0.25) is 5.91 Å². The monoisotopic (exact) mass is 481 g/mol. The minimum atomic E-state index is -1.10. The molecule has 7 heteroatoms. The van der Waals surface area contributed by atoms with E-state index in [4.69, 9.17) is 10.1 Å². The molecule has 4 aromatic rings. The molecule has 0 saturated carbocycles. The molecular formula is C28H23N3O3S. The Kier molecular flexibility index (Phi) is 7.28. The van der Waals surface area contributed by atoms with E-state index < -0.39 is 5.97 Å². The lowest BCUT2D eigenvalue weighted by molar-refractivity contribution is -0.132. The smallest absolute Gasteiger partial charge is 0.335 e. The molecule has 2 N–H and O–H groups in total. The van der Waals surface area contributed by atoms with Crippen molar-refractivity contribution in [3.05, 3.63) is 108 Å². The molecule has 0 fully saturated rings. The summed E-state index contributed by atoms with van der Waals surface area (Å²) in [6.45, 7) is 7.41. The highest BCUT2D eigenvalue weighted by Crippen LogP contribution is 2.36. The number of amides is 1. The van der Waals surface area contributed by atoms with Gasteiger partial charge in [0.25, 0.3) is 0 Å². The fourth-order valence-corrected chi connectivity index (χ4v) is 4.61. The topological polar surface area (TPSA) is 92.2 Å². The Hall–Kier alpha value is -4.36. The number of carbonyl (C=O) groups excluding carboxylic acids is 1. The first-order valence-corrected chi connectivity index (χ1v) is 11.7. The maximum absolute atomic E-state index is 12.6. The molecule has 35 heavy (non-hydrogen) atoms. The van der Waals surface area contributed by atoms with Gasteiger partial charge in [-0.2, -0.15) is 0 Å². The number of benzene rings is 2. The second-order valence-electron chi connectivity index (χ2n) is 7.81. The molecule has 0 saturated heterocycles. The van der Waals surface area contributed by atoms with Crippen molar-refractivity contribution in [2.24, 2.45) is 0 Å². The third-order valence-corrected chi connectivity index (χ3v) is 6.27. The molecule has 0 aliphatic rings. The summed E-state index contributed by atoms with van der Waals surface area (Å²) in [5, 5.41) is 12.5. The van der Waals surface area contributed by atoms with Crippen molar-refractivity contribution in [1.29, 1.82) is 0 Å². The summed E-state index contributed by atoms with van der Waals surface area (Å²) in [5.74, 6) is -1.32. The van der Waals surface area contributed by atoms with Gasteiger partial charge < -0.3 is 10.4 Å². The molecule has 0 spiro atoms. The average Bonchev–Trinajstić information content (AvgIpc) is 3.28. The Morgan fingerprint density at radius 1 is 1.06 bits per heavy atom. The summed E-state index contributed by atoms with van der Waals surface area (Å²) in [5.41, 5.74) is 5.39. The molecule has 0 aliphatic carbocycles. The third-order valence-electron chi connectivity index (χ3n) is 5.27. The van der Waals surface area contributed by atoms with Crippen LogP contribution >= 0.6 is 11.3 Å². The summed E-state index contributed by atoms with van der Waals surface area (Å²) < 4.78 is 0.984. The molecule has 0 radical (unpaired) electrons. The molecule has 0 atom stereocenters. The molecule has 0 bridgehead atoms. The number of aromatic nitrogens is 2. The van der Waals surface area contributed by atoms with E-state index in [0.717, 1.165) is 32.5 Å². The maximum Gasteiger partial charge on any atom is 0.335 e. The molecule has 4 rings (SSSR count). The van der Waals surface area contributed by atoms with Gasteiger partial charge in [0, 0.05) is 30.1 Å².